The second kappa shape index (κ2) is 11.2. The van der Waals surface area contributed by atoms with Gasteiger partial charge in [0.25, 0.3) is 0 Å². The summed E-state index contributed by atoms with van der Waals surface area (Å²) in [6.07, 6.45) is 12.4. The maximum atomic E-state index is 9.58. The van der Waals surface area contributed by atoms with Gasteiger partial charge in [-0.1, -0.05) is 44.3 Å². The summed E-state index contributed by atoms with van der Waals surface area (Å²) in [6, 6.07) is 0. The standard InChI is InChI=1S/C14H25ClO/c1-3-5-6-7-8-9-10-11-12-14(16)13(15)4-2/h3-4,13-14,16H,1-2,5-12H2/t13-,14+/m0/s1. The zero-order valence-electron chi connectivity index (χ0n) is 10.2. The summed E-state index contributed by atoms with van der Waals surface area (Å²) >= 11 is 5.84. The normalized spacial score (nSPS) is 14.4. The first-order valence-corrected chi connectivity index (χ1v) is 6.71. The second-order valence-electron chi connectivity index (χ2n) is 4.23. The third-order valence-corrected chi connectivity index (χ3v) is 3.22. The van der Waals surface area contributed by atoms with Crippen LogP contribution in [0.15, 0.2) is 25.3 Å². The predicted molar refractivity (Wildman–Crippen MR) is 73.0 cm³/mol. The molecule has 0 unspecified atom stereocenters. The Morgan fingerprint density at radius 1 is 1.00 bits per heavy atom. The Balaban J connectivity index is 3.20. The second-order valence-corrected chi connectivity index (χ2v) is 4.74. The molecule has 0 heterocycles. The molecule has 0 aliphatic heterocycles. The summed E-state index contributed by atoms with van der Waals surface area (Å²) in [5, 5.41) is 9.28. The molecule has 0 saturated heterocycles. The first kappa shape index (κ1) is 15.7. The molecule has 1 N–H and O–H groups in total. The van der Waals surface area contributed by atoms with Crippen LogP contribution in [0.1, 0.15) is 51.4 Å². The van der Waals surface area contributed by atoms with Crippen molar-refractivity contribution in [3.05, 3.63) is 25.3 Å². The van der Waals surface area contributed by atoms with E-state index in [9.17, 15) is 5.11 Å². The molecule has 2 heteroatoms. The Hall–Kier alpha value is -0.270. The van der Waals surface area contributed by atoms with Gasteiger partial charge in [-0.3, -0.25) is 0 Å². The van der Waals surface area contributed by atoms with E-state index < -0.39 is 6.10 Å². The lowest BCUT2D eigenvalue weighted by atomic mass is 10.0. The van der Waals surface area contributed by atoms with Gasteiger partial charge in [-0.05, 0) is 19.3 Å². The van der Waals surface area contributed by atoms with Crippen molar-refractivity contribution in [3.63, 3.8) is 0 Å². The maximum absolute atomic E-state index is 9.58. The van der Waals surface area contributed by atoms with Gasteiger partial charge in [-0.2, -0.15) is 0 Å². The van der Waals surface area contributed by atoms with Crippen LogP contribution in [0.25, 0.3) is 0 Å². The Bertz CT molecular complexity index is 180. The number of hydrogen-bond donors (Lipinski definition) is 1. The van der Waals surface area contributed by atoms with Crippen LogP contribution in [0.4, 0.5) is 0 Å². The van der Waals surface area contributed by atoms with Crippen LogP contribution < -0.4 is 0 Å². The molecule has 94 valence electrons. The van der Waals surface area contributed by atoms with Crippen LogP contribution in [0, 0.1) is 0 Å². The van der Waals surface area contributed by atoms with Gasteiger partial charge in [0.05, 0.1) is 11.5 Å². The Morgan fingerprint density at radius 2 is 1.56 bits per heavy atom. The minimum Gasteiger partial charge on any atom is -0.391 e. The Kier molecular flexibility index (Phi) is 11.0. The summed E-state index contributed by atoms with van der Waals surface area (Å²) < 4.78 is 0. The van der Waals surface area contributed by atoms with Gasteiger partial charge in [0.2, 0.25) is 0 Å². The maximum Gasteiger partial charge on any atom is 0.0772 e. The monoisotopic (exact) mass is 244 g/mol. The summed E-state index contributed by atoms with van der Waals surface area (Å²) in [7, 11) is 0. The molecule has 0 aromatic heterocycles. The average Bonchev–Trinajstić information content (AvgIpc) is 2.31. The minimum atomic E-state index is -0.431. The number of aliphatic hydroxyl groups is 1. The van der Waals surface area contributed by atoms with Crippen molar-refractivity contribution >= 4 is 11.6 Å². The molecule has 0 radical (unpaired) electrons. The summed E-state index contributed by atoms with van der Waals surface area (Å²) in [5.74, 6) is 0. The Labute approximate surface area is 105 Å². The van der Waals surface area contributed by atoms with Crippen LogP contribution in [0.2, 0.25) is 0 Å². The van der Waals surface area contributed by atoms with Gasteiger partial charge in [0.15, 0.2) is 0 Å². The van der Waals surface area contributed by atoms with E-state index in [0.717, 1.165) is 19.3 Å². The van der Waals surface area contributed by atoms with Gasteiger partial charge < -0.3 is 5.11 Å². The highest BCUT2D eigenvalue weighted by molar-refractivity contribution is 6.22. The van der Waals surface area contributed by atoms with Gasteiger partial charge in [-0.15, -0.1) is 24.8 Å². The van der Waals surface area contributed by atoms with Crippen molar-refractivity contribution in [1.29, 1.82) is 0 Å². The molecule has 0 amide bonds. The van der Waals surface area contributed by atoms with Crippen molar-refractivity contribution < 1.29 is 5.11 Å². The molecule has 0 rings (SSSR count). The van der Waals surface area contributed by atoms with E-state index in [1.165, 1.54) is 32.1 Å². The van der Waals surface area contributed by atoms with E-state index in [1.807, 2.05) is 6.08 Å². The molecule has 0 aliphatic carbocycles. The smallest absolute Gasteiger partial charge is 0.0772 e. The lowest BCUT2D eigenvalue weighted by molar-refractivity contribution is 0.167. The lowest BCUT2D eigenvalue weighted by Gasteiger charge is -2.12. The molecule has 2 atom stereocenters. The predicted octanol–water partition coefficient (Wildman–Crippen LogP) is 4.45. The van der Waals surface area contributed by atoms with Crippen molar-refractivity contribution in [2.75, 3.05) is 0 Å². The molecule has 0 spiro atoms. The zero-order valence-corrected chi connectivity index (χ0v) is 11.0. The van der Waals surface area contributed by atoms with Gasteiger partial charge in [0.1, 0.15) is 0 Å². The van der Waals surface area contributed by atoms with Crippen molar-refractivity contribution in [3.8, 4) is 0 Å². The number of allylic oxidation sites excluding steroid dienone is 1. The van der Waals surface area contributed by atoms with Crippen LogP contribution >= 0.6 is 11.6 Å². The average molecular weight is 245 g/mol. The van der Waals surface area contributed by atoms with E-state index in [1.54, 1.807) is 6.08 Å². The van der Waals surface area contributed by atoms with E-state index in [2.05, 4.69) is 13.2 Å². The van der Waals surface area contributed by atoms with Gasteiger partial charge in [0, 0.05) is 0 Å². The van der Waals surface area contributed by atoms with Crippen molar-refractivity contribution in [2.45, 2.75) is 62.8 Å². The van der Waals surface area contributed by atoms with Crippen LogP contribution in [-0.4, -0.2) is 16.6 Å². The van der Waals surface area contributed by atoms with Gasteiger partial charge in [-0.25, -0.2) is 0 Å². The van der Waals surface area contributed by atoms with Crippen LogP contribution in [0.5, 0.6) is 0 Å². The molecule has 0 saturated carbocycles. The number of unbranched alkanes of at least 4 members (excludes halogenated alkanes) is 6. The largest absolute Gasteiger partial charge is 0.391 e. The number of halogens is 1. The quantitative estimate of drug-likeness (QED) is 0.324. The van der Waals surface area contributed by atoms with E-state index in [-0.39, 0.29) is 5.38 Å². The fraction of sp³-hybridized carbons (Fsp3) is 0.714. The molecule has 0 aliphatic rings. The minimum absolute atomic E-state index is 0.299. The molecule has 0 aromatic rings. The molecule has 0 aromatic carbocycles. The molecule has 0 fully saturated rings. The summed E-state index contributed by atoms with van der Waals surface area (Å²) in [4.78, 5) is 0. The van der Waals surface area contributed by atoms with E-state index in [0.29, 0.717) is 0 Å². The Morgan fingerprint density at radius 3 is 2.12 bits per heavy atom. The third-order valence-electron chi connectivity index (χ3n) is 2.75. The van der Waals surface area contributed by atoms with E-state index in [4.69, 9.17) is 11.6 Å². The topological polar surface area (TPSA) is 20.2 Å². The molecule has 0 bridgehead atoms. The molecule has 16 heavy (non-hydrogen) atoms. The van der Waals surface area contributed by atoms with Crippen LogP contribution in [0.3, 0.4) is 0 Å². The number of aliphatic hydroxyl groups excluding tert-OH is 1. The third kappa shape index (κ3) is 8.99. The fourth-order valence-electron chi connectivity index (χ4n) is 1.67. The number of alkyl halides is 1. The van der Waals surface area contributed by atoms with Crippen molar-refractivity contribution in [1.82, 2.24) is 0 Å². The first-order valence-electron chi connectivity index (χ1n) is 6.28. The highest BCUT2D eigenvalue weighted by atomic mass is 35.5. The van der Waals surface area contributed by atoms with Crippen LogP contribution in [-0.2, 0) is 0 Å². The molecular formula is C14H25ClO. The number of hydrogen-bond acceptors (Lipinski definition) is 1. The molecular weight excluding hydrogens is 220 g/mol. The van der Waals surface area contributed by atoms with E-state index >= 15 is 0 Å². The zero-order chi connectivity index (χ0) is 12.2. The first-order chi connectivity index (χ1) is 7.72. The number of rotatable bonds is 11. The van der Waals surface area contributed by atoms with Crippen molar-refractivity contribution in [2.24, 2.45) is 0 Å². The summed E-state index contributed by atoms with van der Waals surface area (Å²) in [5.41, 5.74) is 0. The SMILES string of the molecule is C=CCCCCCCCC[C@@H](O)[C@@H](Cl)C=C. The van der Waals surface area contributed by atoms with Gasteiger partial charge >= 0.3 is 0 Å². The summed E-state index contributed by atoms with van der Waals surface area (Å²) in [6.45, 7) is 7.27. The highest BCUT2D eigenvalue weighted by Gasteiger charge is 2.11. The lowest BCUT2D eigenvalue weighted by Crippen LogP contribution is -2.18. The highest BCUT2D eigenvalue weighted by Crippen LogP contribution is 2.14. The molecule has 1 nitrogen and oxygen atoms in total. The fourth-order valence-corrected chi connectivity index (χ4v) is 1.79.